The Labute approximate surface area is 87.5 Å². The highest BCUT2D eigenvalue weighted by atomic mass is 35.5. The van der Waals surface area contributed by atoms with Crippen LogP contribution in [0.15, 0.2) is 18.3 Å². The van der Waals surface area contributed by atoms with Crippen LogP contribution in [0.4, 0.5) is 0 Å². The summed E-state index contributed by atoms with van der Waals surface area (Å²) >= 11 is 5.97. The summed E-state index contributed by atoms with van der Waals surface area (Å²) in [6.07, 6.45) is 4.30. The number of nitrogens with zero attached hydrogens (tertiary/aromatic N) is 2. The molecular weight excluding hydrogens is 196 g/mol. The lowest BCUT2D eigenvalue weighted by molar-refractivity contribution is 0.726. The van der Waals surface area contributed by atoms with Gasteiger partial charge in [0, 0.05) is 17.8 Å². The van der Waals surface area contributed by atoms with E-state index in [1.165, 1.54) is 17.8 Å². The number of halogens is 1. The van der Waals surface area contributed by atoms with Gasteiger partial charge in [-0.2, -0.15) is 0 Å². The van der Waals surface area contributed by atoms with Crippen molar-refractivity contribution in [3.05, 3.63) is 34.7 Å². The zero-order valence-corrected chi connectivity index (χ0v) is 8.75. The molecular formula is C11H11ClN2. The number of imidazole rings is 1. The van der Waals surface area contributed by atoms with Gasteiger partial charge in [-0.3, -0.25) is 0 Å². The summed E-state index contributed by atoms with van der Waals surface area (Å²) in [6.45, 7) is 2.24. The lowest BCUT2D eigenvalue weighted by Crippen LogP contribution is -1.89. The Morgan fingerprint density at radius 3 is 3.21 bits per heavy atom. The van der Waals surface area contributed by atoms with E-state index in [2.05, 4.69) is 16.3 Å². The third-order valence-corrected chi connectivity index (χ3v) is 3.22. The van der Waals surface area contributed by atoms with Crippen LogP contribution in [-0.4, -0.2) is 9.38 Å². The maximum Gasteiger partial charge on any atom is 0.137 e. The summed E-state index contributed by atoms with van der Waals surface area (Å²) in [5.41, 5.74) is 3.62. The molecule has 2 heterocycles. The molecule has 14 heavy (non-hydrogen) atoms. The van der Waals surface area contributed by atoms with E-state index < -0.39 is 0 Å². The maximum absolute atomic E-state index is 5.97. The van der Waals surface area contributed by atoms with Crippen LogP contribution < -0.4 is 0 Å². The van der Waals surface area contributed by atoms with Crippen LogP contribution in [0.3, 0.4) is 0 Å². The Morgan fingerprint density at radius 1 is 1.50 bits per heavy atom. The molecule has 72 valence electrons. The third-order valence-electron chi connectivity index (χ3n) is 2.99. The molecule has 0 saturated carbocycles. The van der Waals surface area contributed by atoms with Gasteiger partial charge < -0.3 is 4.40 Å². The molecule has 0 fully saturated rings. The number of aromatic nitrogens is 2. The molecule has 3 rings (SSSR count). The van der Waals surface area contributed by atoms with Crippen molar-refractivity contribution in [3.63, 3.8) is 0 Å². The molecule has 0 bridgehead atoms. The first-order chi connectivity index (χ1) is 6.75. The fraction of sp³-hybridized carbons (Fsp3) is 0.364. The van der Waals surface area contributed by atoms with Crippen molar-refractivity contribution in [2.24, 2.45) is 0 Å². The average molecular weight is 207 g/mol. The van der Waals surface area contributed by atoms with Gasteiger partial charge >= 0.3 is 0 Å². The van der Waals surface area contributed by atoms with Gasteiger partial charge in [-0.1, -0.05) is 18.5 Å². The lowest BCUT2D eigenvalue weighted by atomic mass is 10.1. The second-order valence-corrected chi connectivity index (χ2v) is 4.40. The molecule has 0 saturated heterocycles. The van der Waals surface area contributed by atoms with Gasteiger partial charge in [0.15, 0.2) is 0 Å². The molecule has 1 atom stereocenters. The first kappa shape index (κ1) is 8.30. The van der Waals surface area contributed by atoms with E-state index in [1.807, 2.05) is 18.3 Å². The number of hydrogen-bond acceptors (Lipinski definition) is 1. The molecule has 2 aromatic rings. The zero-order valence-electron chi connectivity index (χ0n) is 8.00. The van der Waals surface area contributed by atoms with Crippen LogP contribution in [0.25, 0.3) is 5.65 Å². The third kappa shape index (κ3) is 1.01. The Bertz CT molecular complexity index is 501. The normalized spacial score (nSPS) is 20.3. The molecule has 3 heteroatoms. The van der Waals surface area contributed by atoms with Crippen LogP contribution in [0.2, 0.25) is 5.02 Å². The number of hydrogen-bond donors (Lipinski definition) is 0. The van der Waals surface area contributed by atoms with Gasteiger partial charge in [0.1, 0.15) is 5.65 Å². The smallest absolute Gasteiger partial charge is 0.137 e. The Morgan fingerprint density at radius 2 is 2.36 bits per heavy atom. The minimum atomic E-state index is 0.601. The van der Waals surface area contributed by atoms with Crippen molar-refractivity contribution >= 4 is 17.2 Å². The molecule has 1 aliphatic carbocycles. The maximum atomic E-state index is 5.97. The zero-order chi connectivity index (χ0) is 9.71. The van der Waals surface area contributed by atoms with E-state index >= 15 is 0 Å². The molecule has 1 unspecified atom stereocenters. The van der Waals surface area contributed by atoms with Crippen molar-refractivity contribution in [1.29, 1.82) is 0 Å². The van der Waals surface area contributed by atoms with Crippen molar-refractivity contribution < 1.29 is 0 Å². The van der Waals surface area contributed by atoms with Gasteiger partial charge in [0.2, 0.25) is 0 Å². The van der Waals surface area contributed by atoms with Crippen molar-refractivity contribution in [1.82, 2.24) is 9.38 Å². The highest BCUT2D eigenvalue weighted by Crippen LogP contribution is 2.32. The quantitative estimate of drug-likeness (QED) is 0.648. The standard InChI is InChI=1S/C11H11ClN2/c1-7-2-4-9-11(7)13-10-5-3-8(12)6-14(9)10/h3,5-7H,2,4H2,1H3. The molecule has 0 N–H and O–H groups in total. The van der Waals surface area contributed by atoms with Crippen LogP contribution >= 0.6 is 11.6 Å². The van der Waals surface area contributed by atoms with E-state index in [4.69, 9.17) is 11.6 Å². The minimum absolute atomic E-state index is 0.601. The van der Waals surface area contributed by atoms with Crippen molar-refractivity contribution in [2.75, 3.05) is 0 Å². The van der Waals surface area contributed by atoms with E-state index in [1.54, 1.807) is 0 Å². The largest absolute Gasteiger partial charge is 0.302 e. The summed E-state index contributed by atoms with van der Waals surface area (Å²) in [4.78, 5) is 4.62. The minimum Gasteiger partial charge on any atom is -0.302 e. The van der Waals surface area contributed by atoms with Crippen LogP contribution in [-0.2, 0) is 6.42 Å². The Kier molecular flexibility index (Phi) is 1.62. The number of fused-ring (bicyclic) bond motifs is 3. The predicted octanol–water partition coefficient (Wildman–Crippen LogP) is 3.04. The Hall–Kier alpha value is -1.02. The molecule has 0 aliphatic heterocycles. The number of rotatable bonds is 0. The number of aryl methyl sites for hydroxylation is 1. The first-order valence-electron chi connectivity index (χ1n) is 4.92. The lowest BCUT2D eigenvalue weighted by Gasteiger charge is -1.98. The van der Waals surface area contributed by atoms with Gasteiger partial charge in [-0.05, 0) is 25.0 Å². The molecule has 0 aromatic carbocycles. The fourth-order valence-electron chi connectivity index (χ4n) is 2.22. The highest BCUT2D eigenvalue weighted by molar-refractivity contribution is 6.30. The SMILES string of the molecule is CC1CCc2c1nc1ccc(Cl)cn21. The molecule has 1 aliphatic rings. The van der Waals surface area contributed by atoms with Crippen LogP contribution in [0.5, 0.6) is 0 Å². The summed E-state index contributed by atoms with van der Waals surface area (Å²) in [7, 11) is 0. The monoisotopic (exact) mass is 206 g/mol. The molecule has 0 radical (unpaired) electrons. The van der Waals surface area contributed by atoms with E-state index in [-0.39, 0.29) is 0 Å². The van der Waals surface area contributed by atoms with E-state index in [0.717, 1.165) is 17.1 Å². The van der Waals surface area contributed by atoms with Gasteiger partial charge in [0.05, 0.1) is 10.7 Å². The Balaban J connectivity index is 2.36. The van der Waals surface area contributed by atoms with Crippen molar-refractivity contribution in [2.45, 2.75) is 25.7 Å². The molecule has 2 nitrogen and oxygen atoms in total. The molecule has 2 aromatic heterocycles. The predicted molar refractivity (Wildman–Crippen MR) is 56.9 cm³/mol. The fourth-order valence-corrected chi connectivity index (χ4v) is 2.38. The summed E-state index contributed by atoms with van der Waals surface area (Å²) in [6, 6.07) is 3.87. The number of pyridine rings is 1. The van der Waals surface area contributed by atoms with Gasteiger partial charge in [-0.25, -0.2) is 4.98 Å². The second-order valence-electron chi connectivity index (χ2n) is 3.96. The van der Waals surface area contributed by atoms with E-state index in [9.17, 15) is 0 Å². The summed E-state index contributed by atoms with van der Waals surface area (Å²) < 4.78 is 2.13. The van der Waals surface area contributed by atoms with Crippen LogP contribution in [0, 0.1) is 0 Å². The molecule has 0 amide bonds. The summed E-state index contributed by atoms with van der Waals surface area (Å²) in [5, 5.41) is 0.775. The average Bonchev–Trinajstić information content (AvgIpc) is 2.67. The van der Waals surface area contributed by atoms with Crippen LogP contribution in [0.1, 0.15) is 30.7 Å². The van der Waals surface area contributed by atoms with Gasteiger partial charge in [0.25, 0.3) is 0 Å². The van der Waals surface area contributed by atoms with Gasteiger partial charge in [-0.15, -0.1) is 0 Å². The topological polar surface area (TPSA) is 17.3 Å². The van der Waals surface area contributed by atoms with Crippen molar-refractivity contribution in [3.8, 4) is 0 Å². The van der Waals surface area contributed by atoms with E-state index in [0.29, 0.717) is 5.92 Å². The summed E-state index contributed by atoms with van der Waals surface area (Å²) in [5.74, 6) is 0.601. The first-order valence-corrected chi connectivity index (χ1v) is 5.30. The highest BCUT2D eigenvalue weighted by Gasteiger charge is 2.23. The molecule has 0 spiro atoms. The second kappa shape index (κ2) is 2.74.